The number of methoxy groups -OCH3 is 1. The van der Waals surface area contributed by atoms with Crippen molar-refractivity contribution in [2.75, 3.05) is 7.11 Å². The highest BCUT2D eigenvalue weighted by Crippen LogP contribution is 2.29. The molecule has 1 atom stereocenters. The zero-order valence-corrected chi connectivity index (χ0v) is 9.44. The van der Waals surface area contributed by atoms with E-state index in [0.29, 0.717) is 0 Å². The van der Waals surface area contributed by atoms with E-state index in [9.17, 15) is 0 Å². The maximum atomic E-state index is 6.15. The first kappa shape index (κ1) is 10.8. The van der Waals surface area contributed by atoms with Gasteiger partial charge in [-0.3, -0.25) is 0 Å². The summed E-state index contributed by atoms with van der Waals surface area (Å²) >= 11 is 0. The van der Waals surface area contributed by atoms with E-state index in [0.717, 1.165) is 22.4 Å². The molecule has 0 saturated carbocycles. The zero-order valence-electron chi connectivity index (χ0n) is 9.44. The van der Waals surface area contributed by atoms with E-state index in [4.69, 9.17) is 14.9 Å². The fourth-order valence-corrected chi connectivity index (χ4v) is 1.71. The molecule has 1 unspecified atom stereocenters. The van der Waals surface area contributed by atoms with Crippen molar-refractivity contribution < 1.29 is 9.15 Å². The first-order valence-corrected chi connectivity index (χ1v) is 5.14. The molecule has 0 bridgehead atoms. The van der Waals surface area contributed by atoms with Crippen molar-refractivity contribution in [3.63, 3.8) is 0 Å². The Morgan fingerprint density at radius 2 is 2.12 bits per heavy atom. The lowest BCUT2D eigenvalue weighted by Gasteiger charge is -2.14. The van der Waals surface area contributed by atoms with Crippen LogP contribution in [0.15, 0.2) is 41.2 Å². The van der Waals surface area contributed by atoms with Gasteiger partial charge in [0.1, 0.15) is 5.75 Å². The minimum Gasteiger partial charge on any atom is -0.496 e. The molecular formula is C13H15NO2. The summed E-state index contributed by atoms with van der Waals surface area (Å²) in [5.74, 6) is 0.814. The molecule has 0 fully saturated rings. The number of hydrogen-bond acceptors (Lipinski definition) is 3. The van der Waals surface area contributed by atoms with Gasteiger partial charge in [0.05, 0.1) is 25.7 Å². The molecule has 16 heavy (non-hydrogen) atoms. The highest BCUT2D eigenvalue weighted by molar-refractivity contribution is 5.42. The topological polar surface area (TPSA) is 48.4 Å². The standard InChI is InChI=1S/C13H15NO2/c1-9-3-4-11(12(7-9)15-2)13(14)10-5-6-16-8-10/h3-8,13H,14H2,1-2H3. The van der Waals surface area contributed by atoms with Crippen LogP contribution < -0.4 is 10.5 Å². The van der Waals surface area contributed by atoms with Crippen molar-refractivity contribution >= 4 is 0 Å². The average molecular weight is 217 g/mol. The van der Waals surface area contributed by atoms with E-state index in [-0.39, 0.29) is 6.04 Å². The van der Waals surface area contributed by atoms with Gasteiger partial charge in [-0.15, -0.1) is 0 Å². The molecule has 3 heteroatoms. The molecule has 3 nitrogen and oxygen atoms in total. The lowest BCUT2D eigenvalue weighted by molar-refractivity contribution is 0.407. The summed E-state index contributed by atoms with van der Waals surface area (Å²) in [5, 5.41) is 0. The number of hydrogen-bond donors (Lipinski definition) is 1. The second-order valence-corrected chi connectivity index (χ2v) is 3.78. The van der Waals surface area contributed by atoms with Crippen molar-refractivity contribution in [2.45, 2.75) is 13.0 Å². The van der Waals surface area contributed by atoms with Crippen LogP contribution in [0.4, 0.5) is 0 Å². The molecule has 2 N–H and O–H groups in total. The largest absolute Gasteiger partial charge is 0.496 e. The molecular weight excluding hydrogens is 202 g/mol. The van der Waals surface area contributed by atoms with Gasteiger partial charge in [0.25, 0.3) is 0 Å². The van der Waals surface area contributed by atoms with E-state index in [1.165, 1.54) is 0 Å². The van der Waals surface area contributed by atoms with Crippen LogP contribution in [0.5, 0.6) is 5.75 Å². The van der Waals surface area contributed by atoms with Crippen LogP contribution in [-0.2, 0) is 0 Å². The normalized spacial score (nSPS) is 12.4. The molecule has 84 valence electrons. The second kappa shape index (κ2) is 4.41. The number of benzene rings is 1. The maximum Gasteiger partial charge on any atom is 0.124 e. The van der Waals surface area contributed by atoms with Crippen LogP contribution in [0.1, 0.15) is 22.7 Å². The van der Waals surface area contributed by atoms with Crippen molar-refractivity contribution in [3.8, 4) is 5.75 Å². The first-order valence-electron chi connectivity index (χ1n) is 5.14. The molecule has 0 spiro atoms. The van der Waals surface area contributed by atoms with E-state index in [2.05, 4.69) is 0 Å². The Labute approximate surface area is 94.8 Å². The lowest BCUT2D eigenvalue weighted by Crippen LogP contribution is -2.12. The minimum absolute atomic E-state index is 0.214. The summed E-state index contributed by atoms with van der Waals surface area (Å²) in [6.07, 6.45) is 3.28. The van der Waals surface area contributed by atoms with Gasteiger partial charge in [0.15, 0.2) is 0 Å². The van der Waals surface area contributed by atoms with E-state index in [1.807, 2.05) is 31.2 Å². The Kier molecular flexibility index (Phi) is 2.97. The minimum atomic E-state index is -0.214. The SMILES string of the molecule is COc1cc(C)ccc1C(N)c1ccoc1. The third-order valence-corrected chi connectivity index (χ3v) is 2.63. The van der Waals surface area contributed by atoms with Gasteiger partial charge < -0.3 is 14.9 Å². The van der Waals surface area contributed by atoms with Crippen LogP contribution >= 0.6 is 0 Å². The predicted molar refractivity (Wildman–Crippen MR) is 62.5 cm³/mol. The van der Waals surface area contributed by atoms with Gasteiger partial charge in [0, 0.05) is 11.1 Å². The van der Waals surface area contributed by atoms with E-state index in [1.54, 1.807) is 19.6 Å². The summed E-state index contributed by atoms with van der Waals surface area (Å²) in [6.45, 7) is 2.02. The van der Waals surface area contributed by atoms with Crippen LogP contribution in [0, 0.1) is 6.92 Å². The van der Waals surface area contributed by atoms with E-state index < -0.39 is 0 Å². The fourth-order valence-electron chi connectivity index (χ4n) is 1.71. The molecule has 0 radical (unpaired) electrons. The third-order valence-electron chi connectivity index (χ3n) is 2.63. The van der Waals surface area contributed by atoms with Crippen LogP contribution in [0.2, 0.25) is 0 Å². The summed E-state index contributed by atoms with van der Waals surface area (Å²) in [6, 6.07) is 7.65. The van der Waals surface area contributed by atoms with Gasteiger partial charge in [-0.25, -0.2) is 0 Å². The number of nitrogens with two attached hydrogens (primary N) is 1. The Bertz CT molecular complexity index is 463. The van der Waals surface area contributed by atoms with Crippen molar-refractivity contribution in [2.24, 2.45) is 5.73 Å². The van der Waals surface area contributed by atoms with Crippen molar-refractivity contribution in [3.05, 3.63) is 53.5 Å². The molecule has 0 aliphatic rings. The first-order chi connectivity index (χ1) is 7.72. The number of rotatable bonds is 3. The summed E-state index contributed by atoms with van der Waals surface area (Å²) in [7, 11) is 1.65. The molecule has 0 amide bonds. The quantitative estimate of drug-likeness (QED) is 0.859. The lowest BCUT2D eigenvalue weighted by atomic mass is 10.00. The molecule has 1 heterocycles. The molecule has 2 aromatic rings. The Morgan fingerprint density at radius 1 is 1.31 bits per heavy atom. The van der Waals surface area contributed by atoms with E-state index >= 15 is 0 Å². The molecule has 0 aliphatic carbocycles. The van der Waals surface area contributed by atoms with Crippen LogP contribution in [0.25, 0.3) is 0 Å². The van der Waals surface area contributed by atoms with Gasteiger partial charge in [0.2, 0.25) is 0 Å². The van der Waals surface area contributed by atoms with Gasteiger partial charge in [-0.1, -0.05) is 12.1 Å². The highest BCUT2D eigenvalue weighted by atomic mass is 16.5. The van der Waals surface area contributed by atoms with Gasteiger partial charge >= 0.3 is 0 Å². The molecule has 1 aromatic carbocycles. The Morgan fingerprint density at radius 3 is 2.75 bits per heavy atom. The summed E-state index contributed by atoms with van der Waals surface area (Å²) in [5.41, 5.74) is 9.21. The fraction of sp³-hybridized carbons (Fsp3) is 0.231. The molecule has 0 saturated heterocycles. The maximum absolute atomic E-state index is 6.15. The Hall–Kier alpha value is -1.74. The smallest absolute Gasteiger partial charge is 0.124 e. The number of aryl methyl sites for hydroxylation is 1. The Balaban J connectivity index is 2.40. The number of furan rings is 1. The molecule has 0 aliphatic heterocycles. The number of ether oxygens (including phenoxy) is 1. The van der Waals surface area contributed by atoms with Gasteiger partial charge in [-0.2, -0.15) is 0 Å². The van der Waals surface area contributed by atoms with Crippen molar-refractivity contribution in [1.29, 1.82) is 0 Å². The van der Waals surface area contributed by atoms with Crippen LogP contribution in [-0.4, -0.2) is 7.11 Å². The molecule has 2 rings (SSSR count). The van der Waals surface area contributed by atoms with Crippen molar-refractivity contribution in [1.82, 2.24) is 0 Å². The van der Waals surface area contributed by atoms with Gasteiger partial charge in [-0.05, 0) is 24.6 Å². The third kappa shape index (κ3) is 1.95. The highest BCUT2D eigenvalue weighted by Gasteiger charge is 2.14. The monoisotopic (exact) mass is 217 g/mol. The summed E-state index contributed by atoms with van der Waals surface area (Å²) in [4.78, 5) is 0. The van der Waals surface area contributed by atoms with Crippen LogP contribution in [0.3, 0.4) is 0 Å². The average Bonchev–Trinajstić information content (AvgIpc) is 2.81. The zero-order chi connectivity index (χ0) is 11.5. The molecule has 1 aromatic heterocycles. The predicted octanol–water partition coefficient (Wildman–Crippen LogP) is 2.64. The summed E-state index contributed by atoms with van der Waals surface area (Å²) < 4.78 is 10.4. The second-order valence-electron chi connectivity index (χ2n) is 3.78.